The molecule has 0 N–H and O–H groups in total. The first-order chi connectivity index (χ1) is 5.00. The zero-order valence-electron chi connectivity index (χ0n) is 8.73. The van der Waals surface area contributed by atoms with Crippen LogP contribution in [0.5, 0.6) is 0 Å². The summed E-state index contributed by atoms with van der Waals surface area (Å²) in [4.78, 5) is 2.18. The quantitative estimate of drug-likeness (QED) is 0.605. The molecule has 0 bridgehead atoms. The predicted octanol–water partition coefficient (Wildman–Crippen LogP) is 2.89. The van der Waals surface area contributed by atoms with Crippen molar-refractivity contribution in [3.63, 3.8) is 0 Å². The Labute approximate surface area is 71.1 Å². The molecule has 1 nitrogen and oxygen atoms in total. The van der Waals surface area contributed by atoms with Crippen molar-refractivity contribution in [3.05, 3.63) is 11.3 Å². The van der Waals surface area contributed by atoms with Crippen LogP contribution in [0.15, 0.2) is 11.3 Å². The maximum Gasteiger partial charge on any atom is 0.00876 e. The largest absolute Gasteiger partial charge is 0.381 e. The molecule has 0 aromatic rings. The standard InChI is InChI=1S/C10H21N/c1-7-8(2)9(3)10(4)11(5)6/h8H,7H2,1-6H3/b10-9+. The van der Waals surface area contributed by atoms with Crippen LogP contribution in [0, 0.1) is 5.92 Å². The fraction of sp³-hybridized carbons (Fsp3) is 0.800. The van der Waals surface area contributed by atoms with E-state index in [2.05, 4.69) is 46.7 Å². The maximum atomic E-state index is 2.28. The topological polar surface area (TPSA) is 3.24 Å². The van der Waals surface area contributed by atoms with Gasteiger partial charge in [-0.3, -0.25) is 0 Å². The van der Waals surface area contributed by atoms with Crippen LogP contribution >= 0.6 is 0 Å². The average Bonchev–Trinajstić information content (AvgIpc) is 2.00. The average molecular weight is 155 g/mol. The number of rotatable bonds is 3. The van der Waals surface area contributed by atoms with E-state index < -0.39 is 0 Å². The van der Waals surface area contributed by atoms with Gasteiger partial charge in [0.2, 0.25) is 0 Å². The van der Waals surface area contributed by atoms with Crippen LogP contribution in [0.2, 0.25) is 0 Å². The molecule has 0 aliphatic heterocycles. The van der Waals surface area contributed by atoms with Gasteiger partial charge in [-0.1, -0.05) is 19.4 Å². The third-order valence-corrected chi connectivity index (χ3v) is 2.59. The first-order valence-corrected chi connectivity index (χ1v) is 4.35. The summed E-state index contributed by atoms with van der Waals surface area (Å²) in [5.41, 5.74) is 2.91. The molecule has 1 heteroatoms. The molecule has 0 aliphatic rings. The molecular weight excluding hydrogens is 134 g/mol. The van der Waals surface area contributed by atoms with Gasteiger partial charge in [0, 0.05) is 19.8 Å². The first kappa shape index (κ1) is 10.5. The van der Waals surface area contributed by atoms with E-state index in [1.807, 2.05) is 0 Å². The number of allylic oxidation sites excluding steroid dienone is 2. The Balaban J connectivity index is 4.38. The second-order valence-electron chi connectivity index (χ2n) is 3.47. The monoisotopic (exact) mass is 155 g/mol. The van der Waals surface area contributed by atoms with E-state index in [4.69, 9.17) is 0 Å². The lowest BCUT2D eigenvalue weighted by atomic mass is 9.98. The van der Waals surface area contributed by atoms with Crippen molar-refractivity contribution in [3.8, 4) is 0 Å². The van der Waals surface area contributed by atoms with Gasteiger partial charge in [-0.15, -0.1) is 0 Å². The molecule has 0 fully saturated rings. The zero-order chi connectivity index (χ0) is 9.02. The number of nitrogens with zero attached hydrogens (tertiary/aromatic N) is 1. The molecule has 0 aromatic heterocycles. The second-order valence-corrected chi connectivity index (χ2v) is 3.47. The van der Waals surface area contributed by atoms with Crippen LogP contribution in [0.4, 0.5) is 0 Å². The van der Waals surface area contributed by atoms with E-state index in [0.29, 0.717) is 0 Å². The minimum atomic E-state index is 0.720. The van der Waals surface area contributed by atoms with E-state index in [-0.39, 0.29) is 0 Å². The highest BCUT2D eigenvalue weighted by Crippen LogP contribution is 2.18. The van der Waals surface area contributed by atoms with E-state index >= 15 is 0 Å². The van der Waals surface area contributed by atoms with Crippen LogP contribution < -0.4 is 0 Å². The highest BCUT2D eigenvalue weighted by molar-refractivity contribution is 5.10. The van der Waals surface area contributed by atoms with E-state index in [0.717, 1.165) is 5.92 Å². The molecule has 0 amide bonds. The number of hydrogen-bond donors (Lipinski definition) is 0. The lowest BCUT2D eigenvalue weighted by Gasteiger charge is -2.19. The fourth-order valence-corrected chi connectivity index (χ4v) is 1.02. The van der Waals surface area contributed by atoms with Gasteiger partial charge in [-0.25, -0.2) is 0 Å². The molecule has 0 spiro atoms. The highest BCUT2D eigenvalue weighted by Gasteiger charge is 2.05. The van der Waals surface area contributed by atoms with E-state index in [9.17, 15) is 0 Å². The molecule has 0 rings (SSSR count). The van der Waals surface area contributed by atoms with Gasteiger partial charge >= 0.3 is 0 Å². The Hall–Kier alpha value is -0.460. The minimum absolute atomic E-state index is 0.720. The van der Waals surface area contributed by atoms with Gasteiger partial charge in [0.1, 0.15) is 0 Å². The van der Waals surface area contributed by atoms with Gasteiger partial charge in [0.25, 0.3) is 0 Å². The predicted molar refractivity (Wildman–Crippen MR) is 51.5 cm³/mol. The number of hydrogen-bond acceptors (Lipinski definition) is 1. The lowest BCUT2D eigenvalue weighted by Crippen LogP contribution is -2.12. The third kappa shape index (κ3) is 2.96. The maximum absolute atomic E-state index is 2.28. The van der Waals surface area contributed by atoms with Crippen molar-refractivity contribution in [2.75, 3.05) is 14.1 Å². The summed E-state index contributed by atoms with van der Waals surface area (Å²) in [6, 6.07) is 0. The third-order valence-electron chi connectivity index (χ3n) is 2.59. The fourth-order valence-electron chi connectivity index (χ4n) is 1.02. The summed E-state index contributed by atoms with van der Waals surface area (Å²) >= 11 is 0. The molecule has 0 heterocycles. The lowest BCUT2D eigenvalue weighted by molar-refractivity contribution is 0.488. The van der Waals surface area contributed by atoms with Gasteiger partial charge < -0.3 is 4.90 Å². The SMILES string of the molecule is CCC(C)/C(C)=C(\C)N(C)C. The van der Waals surface area contributed by atoms with Crippen LogP contribution in [-0.2, 0) is 0 Å². The Morgan fingerprint density at radius 3 is 2.00 bits per heavy atom. The van der Waals surface area contributed by atoms with Crippen molar-refractivity contribution >= 4 is 0 Å². The summed E-state index contributed by atoms with van der Waals surface area (Å²) in [5.74, 6) is 0.720. The first-order valence-electron chi connectivity index (χ1n) is 4.35. The Bertz CT molecular complexity index is 145. The molecule has 66 valence electrons. The Kier molecular flexibility index (Phi) is 4.24. The molecule has 0 radical (unpaired) electrons. The van der Waals surface area contributed by atoms with Gasteiger partial charge in [0.15, 0.2) is 0 Å². The van der Waals surface area contributed by atoms with E-state index in [1.54, 1.807) is 0 Å². The van der Waals surface area contributed by atoms with Crippen molar-refractivity contribution in [1.29, 1.82) is 0 Å². The molecular formula is C10H21N. The molecule has 1 unspecified atom stereocenters. The highest BCUT2D eigenvalue weighted by atomic mass is 15.1. The van der Waals surface area contributed by atoms with Crippen LogP contribution in [0.1, 0.15) is 34.1 Å². The van der Waals surface area contributed by atoms with E-state index in [1.165, 1.54) is 17.7 Å². The molecule has 1 atom stereocenters. The second kappa shape index (κ2) is 4.42. The van der Waals surface area contributed by atoms with Crippen molar-refractivity contribution in [2.45, 2.75) is 34.1 Å². The van der Waals surface area contributed by atoms with Gasteiger partial charge in [0.05, 0.1) is 0 Å². The van der Waals surface area contributed by atoms with Crippen LogP contribution in [-0.4, -0.2) is 19.0 Å². The smallest absolute Gasteiger partial charge is 0.00876 e. The molecule has 0 aromatic carbocycles. The zero-order valence-corrected chi connectivity index (χ0v) is 8.73. The van der Waals surface area contributed by atoms with Crippen molar-refractivity contribution < 1.29 is 0 Å². The summed E-state index contributed by atoms with van der Waals surface area (Å²) in [6.45, 7) is 8.92. The molecule has 0 saturated heterocycles. The normalized spacial score (nSPS) is 15.8. The van der Waals surface area contributed by atoms with Gasteiger partial charge in [-0.05, 0) is 26.2 Å². The van der Waals surface area contributed by atoms with Crippen molar-refractivity contribution in [1.82, 2.24) is 4.90 Å². The molecule has 11 heavy (non-hydrogen) atoms. The summed E-state index contributed by atoms with van der Waals surface area (Å²) in [6.07, 6.45) is 1.23. The summed E-state index contributed by atoms with van der Waals surface area (Å²) in [5, 5.41) is 0. The van der Waals surface area contributed by atoms with Crippen molar-refractivity contribution in [2.24, 2.45) is 5.92 Å². The molecule has 0 aliphatic carbocycles. The Morgan fingerprint density at radius 1 is 1.27 bits per heavy atom. The van der Waals surface area contributed by atoms with Gasteiger partial charge in [-0.2, -0.15) is 0 Å². The molecule has 0 saturated carbocycles. The minimum Gasteiger partial charge on any atom is -0.381 e. The van der Waals surface area contributed by atoms with Crippen LogP contribution in [0.3, 0.4) is 0 Å². The Morgan fingerprint density at radius 2 is 1.73 bits per heavy atom. The summed E-state index contributed by atoms with van der Waals surface area (Å²) in [7, 11) is 4.20. The van der Waals surface area contributed by atoms with Crippen LogP contribution in [0.25, 0.3) is 0 Å². The summed E-state index contributed by atoms with van der Waals surface area (Å²) < 4.78 is 0.